The molecule has 1 aliphatic carbocycles. The highest BCUT2D eigenvalue weighted by Gasteiger charge is 2.48. The van der Waals surface area contributed by atoms with Gasteiger partial charge in [0.1, 0.15) is 17.8 Å². The maximum atomic E-state index is 14.3. The van der Waals surface area contributed by atoms with Gasteiger partial charge in [0.05, 0.1) is 30.6 Å². The molecular formula is C24H25F2N5O3. The third-order valence-corrected chi connectivity index (χ3v) is 5.95. The highest BCUT2D eigenvalue weighted by atomic mass is 19.1. The lowest BCUT2D eigenvalue weighted by atomic mass is 9.65. The highest BCUT2D eigenvalue weighted by molar-refractivity contribution is 5.95. The Balaban J connectivity index is 1.45. The quantitative estimate of drug-likeness (QED) is 0.379. The lowest BCUT2D eigenvalue weighted by Gasteiger charge is -2.44. The largest absolute Gasteiger partial charge is 0.394 e. The van der Waals surface area contributed by atoms with E-state index < -0.39 is 29.4 Å². The molecule has 4 N–H and O–H groups in total. The average molecular weight is 469 g/mol. The third kappa shape index (κ3) is 5.02. The first-order valence-corrected chi connectivity index (χ1v) is 10.9. The number of amides is 1. The fourth-order valence-electron chi connectivity index (χ4n) is 4.06. The zero-order valence-corrected chi connectivity index (χ0v) is 18.3. The molecule has 0 aliphatic heterocycles. The van der Waals surface area contributed by atoms with E-state index in [9.17, 15) is 13.6 Å². The molecule has 0 radical (unpaired) electrons. The molecule has 2 heterocycles. The fourth-order valence-corrected chi connectivity index (χ4v) is 4.06. The van der Waals surface area contributed by atoms with Crippen LogP contribution in [0.2, 0.25) is 0 Å². The number of nitrogens with zero attached hydrogens (tertiary/aromatic N) is 3. The van der Waals surface area contributed by atoms with Crippen molar-refractivity contribution < 1.29 is 23.8 Å². The second-order valence-electron chi connectivity index (χ2n) is 8.39. The van der Waals surface area contributed by atoms with Gasteiger partial charge in [-0.1, -0.05) is 12.1 Å². The molecule has 10 heteroatoms. The van der Waals surface area contributed by atoms with Crippen LogP contribution in [0.4, 0.5) is 14.6 Å². The molecular weight excluding hydrogens is 444 g/mol. The first-order valence-electron chi connectivity index (χ1n) is 10.9. The molecule has 1 aliphatic rings. The summed E-state index contributed by atoms with van der Waals surface area (Å²) in [5.74, 6) is -0.435. The molecule has 8 nitrogen and oxygen atoms in total. The molecule has 0 unspecified atom stereocenters. The predicted octanol–water partition coefficient (Wildman–Crippen LogP) is 2.24. The zero-order valence-electron chi connectivity index (χ0n) is 18.3. The standard InChI is InChI=1S/C24H25F2N5O3/c25-17-10-24(11-17,22-19(26)5-2-8-27-22)14-28-21-7-6-20(30-31-21)15-3-1-4-16(9-15)23(34)29-18(12-32)13-33/h1-9,17-18,32-33H,10-14H2,(H,28,31)(H,29,34). The summed E-state index contributed by atoms with van der Waals surface area (Å²) < 4.78 is 28.0. The van der Waals surface area contributed by atoms with Crippen molar-refractivity contribution in [2.45, 2.75) is 30.5 Å². The van der Waals surface area contributed by atoms with Crippen molar-refractivity contribution in [1.82, 2.24) is 20.5 Å². The Morgan fingerprint density at radius 1 is 1.12 bits per heavy atom. The van der Waals surface area contributed by atoms with E-state index in [1.54, 1.807) is 36.4 Å². The van der Waals surface area contributed by atoms with E-state index in [0.29, 0.717) is 22.6 Å². The van der Waals surface area contributed by atoms with E-state index in [4.69, 9.17) is 10.2 Å². The van der Waals surface area contributed by atoms with Crippen molar-refractivity contribution in [3.63, 3.8) is 0 Å². The van der Waals surface area contributed by atoms with Crippen molar-refractivity contribution in [2.75, 3.05) is 25.1 Å². The highest BCUT2D eigenvalue weighted by Crippen LogP contribution is 2.45. The molecule has 1 amide bonds. The van der Waals surface area contributed by atoms with Crippen LogP contribution in [0.15, 0.2) is 54.7 Å². The average Bonchev–Trinajstić information content (AvgIpc) is 2.85. The van der Waals surface area contributed by atoms with Crippen molar-refractivity contribution in [3.05, 3.63) is 71.8 Å². The maximum Gasteiger partial charge on any atom is 0.251 e. The van der Waals surface area contributed by atoms with Gasteiger partial charge in [0.15, 0.2) is 0 Å². The summed E-state index contributed by atoms with van der Waals surface area (Å²) in [6.07, 6.45) is 0.873. The normalized spacial score (nSPS) is 19.5. The summed E-state index contributed by atoms with van der Waals surface area (Å²) >= 11 is 0. The van der Waals surface area contributed by atoms with Gasteiger partial charge >= 0.3 is 0 Å². The number of hydrogen-bond donors (Lipinski definition) is 4. The van der Waals surface area contributed by atoms with Crippen molar-refractivity contribution in [1.29, 1.82) is 0 Å². The molecule has 34 heavy (non-hydrogen) atoms. The Hall–Kier alpha value is -3.50. The van der Waals surface area contributed by atoms with Crippen LogP contribution in [0.5, 0.6) is 0 Å². The van der Waals surface area contributed by atoms with Gasteiger partial charge in [0.25, 0.3) is 5.91 Å². The smallest absolute Gasteiger partial charge is 0.251 e. The third-order valence-electron chi connectivity index (χ3n) is 5.95. The van der Waals surface area contributed by atoms with Gasteiger partial charge in [-0.3, -0.25) is 9.78 Å². The van der Waals surface area contributed by atoms with Crippen molar-refractivity contribution in [3.8, 4) is 11.3 Å². The second-order valence-corrected chi connectivity index (χ2v) is 8.39. The summed E-state index contributed by atoms with van der Waals surface area (Å²) in [5, 5.41) is 32.3. The number of carbonyl (C=O) groups excluding carboxylic acids is 1. The van der Waals surface area contributed by atoms with Crippen molar-refractivity contribution >= 4 is 11.7 Å². The SMILES string of the molecule is O=C(NC(CO)CO)c1cccc(-c2ccc(NCC3(c4ncccc4F)CC(F)C3)nn2)c1. The fraction of sp³-hybridized carbons (Fsp3) is 0.333. The number of aliphatic hydroxyl groups excluding tert-OH is 2. The molecule has 0 saturated heterocycles. The molecule has 1 aromatic carbocycles. The monoisotopic (exact) mass is 469 g/mol. The molecule has 0 spiro atoms. The van der Waals surface area contributed by atoms with E-state index in [0.717, 1.165) is 0 Å². The van der Waals surface area contributed by atoms with Gasteiger partial charge in [-0.25, -0.2) is 8.78 Å². The predicted molar refractivity (Wildman–Crippen MR) is 121 cm³/mol. The number of anilines is 1. The minimum Gasteiger partial charge on any atom is -0.394 e. The number of aliphatic hydroxyl groups is 2. The topological polar surface area (TPSA) is 120 Å². The first-order chi connectivity index (χ1) is 16.4. The Labute approximate surface area is 195 Å². The molecule has 4 rings (SSSR count). The number of benzene rings is 1. The summed E-state index contributed by atoms with van der Waals surface area (Å²) in [4.78, 5) is 16.5. The van der Waals surface area contributed by atoms with Gasteiger partial charge in [0, 0.05) is 29.3 Å². The number of alkyl halides is 1. The molecule has 1 fully saturated rings. The van der Waals surface area contributed by atoms with E-state index in [1.165, 1.54) is 18.3 Å². The summed E-state index contributed by atoms with van der Waals surface area (Å²) in [7, 11) is 0. The Kier molecular flexibility index (Phi) is 7.09. The number of aromatic nitrogens is 3. The number of hydrogen-bond acceptors (Lipinski definition) is 7. The van der Waals surface area contributed by atoms with Gasteiger partial charge in [-0.05, 0) is 49.2 Å². The number of carbonyl (C=O) groups is 1. The van der Waals surface area contributed by atoms with Gasteiger partial charge < -0.3 is 20.8 Å². The van der Waals surface area contributed by atoms with Crippen LogP contribution in [0.3, 0.4) is 0 Å². The van der Waals surface area contributed by atoms with E-state index in [2.05, 4.69) is 25.8 Å². The van der Waals surface area contributed by atoms with Crippen LogP contribution in [0, 0.1) is 5.82 Å². The van der Waals surface area contributed by atoms with Crippen LogP contribution >= 0.6 is 0 Å². The number of rotatable bonds is 9. The maximum absolute atomic E-state index is 14.3. The number of nitrogens with one attached hydrogen (secondary N) is 2. The Morgan fingerprint density at radius 3 is 2.56 bits per heavy atom. The van der Waals surface area contributed by atoms with E-state index in [1.807, 2.05) is 0 Å². The van der Waals surface area contributed by atoms with Crippen LogP contribution in [0.25, 0.3) is 11.3 Å². The second kappa shape index (κ2) is 10.2. The minimum atomic E-state index is -0.994. The summed E-state index contributed by atoms with van der Waals surface area (Å²) in [5.41, 5.74) is 1.04. The molecule has 1 saturated carbocycles. The van der Waals surface area contributed by atoms with Gasteiger partial charge in [0.2, 0.25) is 0 Å². The minimum absolute atomic E-state index is 0.182. The lowest BCUT2D eigenvalue weighted by Crippen LogP contribution is -2.49. The molecule has 0 atom stereocenters. The lowest BCUT2D eigenvalue weighted by molar-refractivity contribution is 0.0879. The zero-order chi connectivity index (χ0) is 24.1. The molecule has 2 aromatic heterocycles. The van der Waals surface area contributed by atoms with Crippen LogP contribution in [-0.2, 0) is 5.41 Å². The van der Waals surface area contributed by atoms with Crippen LogP contribution < -0.4 is 10.6 Å². The van der Waals surface area contributed by atoms with E-state index >= 15 is 0 Å². The Morgan fingerprint density at radius 2 is 1.91 bits per heavy atom. The van der Waals surface area contributed by atoms with Crippen LogP contribution in [0.1, 0.15) is 28.9 Å². The van der Waals surface area contributed by atoms with E-state index in [-0.39, 0.29) is 38.3 Å². The molecule has 3 aromatic rings. The van der Waals surface area contributed by atoms with Crippen LogP contribution in [-0.4, -0.2) is 63.3 Å². The first kappa shape index (κ1) is 23.7. The van der Waals surface area contributed by atoms with Gasteiger partial charge in [-0.2, -0.15) is 0 Å². The van der Waals surface area contributed by atoms with Crippen molar-refractivity contribution in [2.24, 2.45) is 0 Å². The number of pyridine rings is 1. The summed E-state index contributed by atoms with van der Waals surface area (Å²) in [6.45, 7) is -0.480. The Bertz CT molecular complexity index is 1140. The number of halogens is 2. The molecule has 0 bridgehead atoms. The van der Waals surface area contributed by atoms with Gasteiger partial charge in [-0.15, -0.1) is 10.2 Å². The molecule has 178 valence electrons. The summed E-state index contributed by atoms with van der Waals surface area (Å²) in [6, 6.07) is 12.2.